The highest BCUT2D eigenvalue weighted by molar-refractivity contribution is 5.64. The van der Waals surface area contributed by atoms with E-state index < -0.39 is 12.3 Å². The van der Waals surface area contributed by atoms with E-state index in [2.05, 4.69) is 10.1 Å². The van der Waals surface area contributed by atoms with Crippen molar-refractivity contribution >= 4 is 6.09 Å². The third-order valence-electron chi connectivity index (χ3n) is 1.12. The van der Waals surface area contributed by atoms with Gasteiger partial charge in [0.1, 0.15) is 6.23 Å². The molecule has 0 aliphatic carbocycles. The standard InChI is InChI=1S/C5H12N2O3/c1-3(4(6)10-2)7-5(8)9/h3-4,7H,6H2,1-2H3,(H,8,9). The number of rotatable bonds is 3. The van der Waals surface area contributed by atoms with E-state index in [1.165, 1.54) is 7.11 Å². The van der Waals surface area contributed by atoms with Crippen LogP contribution in [0, 0.1) is 0 Å². The SMILES string of the molecule is COC(N)C(C)NC(=O)O. The van der Waals surface area contributed by atoms with Crippen molar-refractivity contribution in [3.63, 3.8) is 0 Å². The van der Waals surface area contributed by atoms with Gasteiger partial charge in [-0.2, -0.15) is 0 Å². The van der Waals surface area contributed by atoms with E-state index in [-0.39, 0.29) is 6.04 Å². The van der Waals surface area contributed by atoms with E-state index in [0.29, 0.717) is 0 Å². The van der Waals surface area contributed by atoms with Gasteiger partial charge in [0.15, 0.2) is 0 Å². The van der Waals surface area contributed by atoms with Gasteiger partial charge in [0, 0.05) is 7.11 Å². The number of methoxy groups -OCH3 is 1. The normalized spacial score (nSPS) is 15.9. The Morgan fingerprint density at radius 3 is 2.60 bits per heavy atom. The van der Waals surface area contributed by atoms with Crippen LogP contribution in [0.4, 0.5) is 4.79 Å². The van der Waals surface area contributed by atoms with E-state index in [1.54, 1.807) is 6.92 Å². The van der Waals surface area contributed by atoms with Crippen LogP contribution < -0.4 is 11.1 Å². The molecule has 0 bridgehead atoms. The fraction of sp³-hybridized carbons (Fsp3) is 0.800. The molecule has 2 atom stereocenters. The summed E-state index contributed by atoms with van der Waals surface area (Å²) < 4.78 is 4.66. The van der Waals surface area contributed by atoms with Crippen LogP contribution in [0.5, 0.6) is 0 Å². The topological polar surface area (TPSA) is 84.6 Å². The number of amides is 1. The van der Waals surface area contributed by atoms with Crippen molar-refractivity contribution in [2.24, 2.45) is 5.73 Å². The van der Waals surface area contributed by atoms with Crippen LogP contribution in [0.2, 0.25) is 0 Å². The first-order chi connectivity index (χ1) is 4.57. The molecule has 2 unspecified atom stereocenters. The van der Waals surface area contributed by atoms with E-state index in [4.69, 9.17) is 10.8 Å². The quantitative estimate of drug-likeness (QED) is 0.474. The van der Waals surface area contributed by atoms with Crippen LogP contribution in [-0.4, -0.2) is 30.6 Å². The number of nitrogens with one attached hydrogen (secondary N) is 1. The molecule has 0 aliphatic rings. The second-order valence-electron chi connectivity index (χ2n) is 1.94. The molecule has 4 N–H and O–H groups in total. The van der Waals surface area contributed by atoms with Gasteiger partial charge in [-0.05, 0) is 6.92 Å². The number of carboxylic acid groups (broad SMARTS) is 1. The smallest absolute Gasteiger partial charge is 0.405 e. The molecule has 0 heterocycles. The summed E-state index contributed by atoms with van der Waals surface area (Å²) in [5, 5.41) is 10.4. The monoisotopic (exact) mass is 148 g/mol. The largest absolute Gasteiger partial charge is 0.465 e. The zero-order chi connectivity index (χ0) is 8.15. The average molecular weight is 148 g/mol. The zero-order valence-corrected chi connectivity index (χ0v) is 6.00. The van der Waals surface area contributed by atoms with E-state index in [0.717, 1.165) is 0 Å². The molecule has 5 nitrogen and oxygen atoms in total. The lowest BCUT2D eigenvalue weighted by Gasteiger charge is -2.17. The molecular formula is C5H12N2O3. The molecule has 10 heavy (non-hydrogen) atoms. The molecule has 0 saturated carbocycles. The van der Waals surface area contributed by atoms with Crippen molar-refractivity contribution < 1.29 is 14.6 Å². The molecule has 0 saturated heterocycles. The minimum Gasteiger partial charge on any atom is -0.465 e. The highest BCUT2D eigenvalue weighted by Gasteiger charge is 2.12. The molecule has 0 spiro atoms. The van der Waals surface area contributed by atoms with Crippen LogP contribution in [0.3, 0.4) is 0 Å². The van der Waals surface area contributed by atoms with Gasteiger partial charge in [0.2, 0.25) is 0 Å². The molecule has 5 heteroatoms. The van der Waals surface area contributed by atoms with Crippen molar-refractivity contribution in [2.45, 2.75) is 19.2 Å². The number of nitrogens with two attached hydrogens (primary N) is 1. The van der Waals surface area contributed by atoms with Gasteiger partial charge in [0.25, 0.3) is 0 Å². The molecule has 0 aliphatic heterocycles. The molecule has 0 rings (SSSR count). The Morgan fingerprint density at radius 2 is 2.30 bits per heavy atom. The Morgan fingerprint density at radius 1 is 1.80 bits per heavy atom. The lowest BCUT2D eigenvalue weighted by atomic mass is 10.3. The van der Waals surface area contributed by atoms with Crippen LogP contribution in [-0.2, 0) is 4.74 Å². The van der Waals surface area contributed by atoms with Crippen LogP contribution in [0.25, 0.3) is 0 Å². The van der Waals surface area contributed by atoms with Gasteiger partial charge in [-0.15, -0.1) is 0 Å². The maximum atomic E-state index is 10.0. The van der Waals surface area contributed by atoms with Gasteiger partial charge in [-0.1, -0.05) is 0 Å². The molecule has 0 aromatic heterocycles. The van der Waals surface area contributed by atoms with Gasteiger partial charge in [0.05, 0.1) is 6.04 Å². The van der Waals surface area contributed by atoms with Crippen molar-refractivity contribution in [3.05, 3.63) is 0 Å². The summed E-state index contributed by atoms with van der Waals surface area (Å²) in [6.07, 6.45) is -1.68. The highest BCUT2D eigenvalue weighted by atomic mass is 16.5. The van der Waals surface area contributed by atoms with E-state index >= 15 is 0 Å². The summed E-state index contributed by atoms with van der Waals surface area (Å²) >= 11 is 0. The third-order valence-corrected chi connectivity index (χ3v) is 1.12. The summed E-state index contributed by atoms with van der Waals surface area (Å²) in [6, 6.07) is -0.387. The Labute approximate surface area is 59.2 Å². The summed E-state index contributed by atoms with van der Waals surface area (Å²) in [6.45, 7) is 1.63. The lowest BCUT2D eigenvalue weighted by Crippen LogP contribution is -2.46. The summed E-state index contributed by atoms with van der Waals surface area (Å²) in [4.78, 5) is 10.0. The molecular weight excluding hydrogens is 136 g/mol. The number of hydrogen-bond donors (Lipinski definition) is 3. The Bertz CT molecular complexity index is 117. The predicted octanol–water partition coefficient (Wildman–Crippen LogP) is -0.426. The van der Waals surface area contributed by atoms with Gasteiger partial charge in [-0.3, -0.25) is 0 Å². The second-order valence-corrected chi connectivity index (χ2v) is 1.94. The van der Waals surface area contributed by atoms with Crippen LogP contribution in [0.15, 0.2) is 0 Å². The van der Waals surface area contributed by atoms with E-state index in [1.807, 2.05) is 0 Å². The van der Waals surface area contributed by atoms with Crippen molar-refractivity contribution in [2.75, 3.05) is 7.11 Å². The minimum atomic E-state index is -1.10. The van der Waals surface area contributed by atoms with Crippen LogP contribution in [0.1, 0.15) is 6.92 Å². The van der Waals surface area contributed by atoms with Gasteiger partial charge in [-0.25, -0.2) is 4.79 Å². The van der Waals surface area contributed by atoms with Crippen molar-refractivity contribution in [3.8, 4) is 0 Å². The zero-order valence-electron chi connectivity index (χ0n) is 6.00. The second kappa shape index (κ2) is 4.08. The lowest BCUT2D eigenvalue weighted by molar-refractivity contribution is 0.0778. The maximum absolute atomic E-state index is 10.0. The number of ether oxygens (including phenoxy) is 1. The maximum Gasteiger partial charge on any atom is 0.405 e. The fourth-order valence-electron chi connectivity index (χ4n) is 0.481. The Kier molecular flexibility index (Phi) is 3.75. The first-order valence-corrected chi connectivity index (χ1v) is 2.85. The van der Waals surface area contributed by atoms with E-state index in [9.17, 15) is 4.79 Å². The highest BCUT2D eigenvalue weighted by Crippen LogP contribution is 1.88. The molecule has 60 valence electrons. The average Bonchev–Trinajstić information content (AvgIpc) is 1.85. The molecule has 0 aromatic carbocycles. The van der Waals surface area contributed by atoms with Gasteiger partial charge >= 0.3 is 6.09 Å². The fourth-order valence-corrected chi connectivity index (χ4v) is 0.481. The van der Waals surface area contributed by atoms with Crippen molar-refractivity contribution in [1.29, 1.82) is 0 Å². The third kappa shape index (κ3) is 3.26. The van der Waals surface area contributed by atoms with Gasteiger partial charge < -0.3 is 20.9 Å². The number of hydrogen-bond acceptors (Lipinski definition) is 3. The first kappa shape index (κ1) is 9.19. The summed E-state index contributed by atoms with van der Waals surface area (Å²) in [5.74, 6) is 0. The molecule has 0 fully saturated rings. The van der Waals surface area contributed by atoms with Crippen molar-refractivity contribution in [1.82, 2.24) is 5.32 Å². The first-order valence-electron chi connectivity index (χ1n) is 2.85. The van der Waals surface area contributed by atoms with Crippen LogP contribution >= 0.6 is 0 Å². The molecule has 0 aromatic rings. The number of carbonyl (C=O) groups is 1. The molecule has 0 radical (unpaired) electrons. The predicted molar refractivity (Wildman–Crippen MR) is 35.6 cm³/mol. The Balaban J connectivity index is 3.61. The summed E-state index contributed by atoms with van der Waals surface area (Å²) in [5.41, 5.74) is 5.32. The Hall–Kier alpha value is -0.810. The minimum absolute atomic E-state index is 0.387. The summed E-state index contributed by atoms with van der Waals surface area (Å²) in [7, 11) is 1.42. The molecule has 1 amide bonds.